The van der Waals surface area contributed by atoms with Crippen molar-refractivity contribution in [2.45, 2.75) is 23.2 Å². The second-order valence-corrected chi connectivity index (χ2v) is 6.39. The van der Waals surface area contributed by atoms with E-state index in [9.17, 15) is 26.4 Å². The van der Waals surface area contributed by atoms with Crippen molar-refractivity contribution >= 4 is 21.3 Å². The molecule has 0 bridgehead atoms. The second-order valence-electron chi connectivity index (χ2n) is 4.48. The Labute approximate surface area is 114 Å². The van der Waals surface area contributed by atoms with Crippen molar-refractivity contribution in [3.8, 4) is 0 Å². The van der Waals surface area contributed by atoms with Crippen molar-refractivity contribution in [1.29, 1.82) is 0 Å². The summed E-state index contributed by atoms with van der Waals surface area (Å²) in [4.78, 5) is 12.0. The molecule has 20 heavy (non-hydrogen) atoms. The van der Waals surface area contributed by atoms with Gasteiger partial charge in [0.15, 0.2) is 5.78 Å². The highest BCUT2D eigenvalue weighted by atomic mass is 32.2. The zero-order chi connectivity index (χ0) is 15.0. The predicted molar refractivity (Wildman–Crippen MR) is 66.1 cm³/mol. The van der Waals surface area contributed by atoms with Crippen LogP contribution in [-0.4, -0.2) is 32.8 Å². The number of piperidine rings is 1. The molecule has 1 aromatic rings. The van der Waals surface area contributed by atoms with Gasteiger partial charge in [0.1, 0.15) is 0 Å². The molecule has 8 heteroatoms. The number of benzene rings is 1. The summed E-state index contributed by atoms with van der Waals surface area (Å²) in [7, 11) is -5.43. The van der Waals surface area contributed by atoms with Crippen molar-refractivity contribution in [2.75, 3.05) is 18.0 Å². The van der Waals surface area contributed by atoms with E-state index in [1.807, 2.05) is 0 Å². The molecule has 110 valence electrons. The van der Waals surface area contributed by atoms with Gasteiger partial charge in [0.2, 0.25) is 0 Å². The Morgan fingerprint density at radius 1 is 1.15 bits per heavy atom. The summed E-state index contributed by atoms with van der Waals surface area (Å²) in [5.74, 6) is -0.115. The highest BCUT2D eigenvalue weighted by molar-refractivity contribution is 7.92. The standard InChI is InChI=1S/C12H12F3NO3S/c13-12(14,15)20(18,19)11-6-2-1-5-10(11)16-7-3-4-9(17)8-16/h1-2,5-6H,3-4,7-8H2. The number of hydrogen-bond donors (Lipinski definition) is 0. The molecule has 0 saturated carbocycles. The average Bonchev–Trinajstić information content (AvgIpc) is 2.37. The molecule has 0 unspecified atom stereocenters. The SMILES string of the molecule is O=C1CCCN(c2ccccc2S(=O)(=O)C(F)(F)F)C1. The lowest BCUT2D eigenvalue weighted by atomic mass is 10.1. The maximum atomic E-state index is 12.7. The van der Waals surface area contributed by atoms with E-state index in [0.717, 1.165) is 6.07 Å². The highest BCUT2D eigenvalue weighted by Crippen LogP contribution is 2.36. The number of ketones is 1. The van der Waals surface area contributed by atoms with E-state index in [-0.39, 0.29) is 18.0 Å². The molecule has 0 aliphatic carbocycles. The molecular formula is C12H12F3NO3S. The van der Waals surface area contributed by atoms with Gasteiger partial charge in [-0.25, -0.2) is 8.42 Å². The molecule has 1 aromatic carbocycles. The monoisotopic (exact) mass is 307 g/mol. The van der Waals surface area contributed by atoms with Crippen LogP contribution in [0.3, 0.4) is 0 Å². The summed E-state index contributed by atoms with van der Waals surface area (Å²) in [6, 6.07) is 4.88. The maximum absolute atomic E-state index is 12.7. The molecule has 1 heterocycles. The van der Waals surface area contributed by atoms with Crippen LogP contribution in [0.5, 0.6) is 0 Å². The normalized spacial score (nSPS) is 17.4. The molecule has 1 saturated heterocycles. The third kappa shape index (κ3) is 2.65. The summed E-state index contributed by atoms with van der Waals surface area (Å²) in [5.41, 5.74) is -5.43. The number of anilines is 1. The van der Waals surface area contributed by atoms with Crippen molar-refractivity contribution in [3.05, 3.63) is 24.3 Å². The van der Waals surface area contributed by atoms with Gasteiger partial charge in [0.05, 0.1) is 17.1 Å². The Hall–Kier alpha value is -1.57. The minimum Gasteiger partial charge on any atom is -0.363 e. The summed E-state index contributed by atoms with van der Waals surface area (Å²) in [5, 5.41) is 0. The van der Waals surface area contributed by atoms with Crippen LogP contribution >= 0.6 is 0 Å². The topological polar surface area (TPSA) is 54.5 Å². The minimum absolute atomic E-state index is 0.0651. The Morgan fingerprint density at radius 2 is 1.80 bits per heavy atom. The first kappa shape index (κ1) is 14.8. The van der Waals surface area contributed by atoms with Crippen LogP contribution in [0.15, 0.2) is 29.2 Å². The first-order valence-electron chi connectivity index (χ1n) is 5.90. The number of sulfone groups is 1. The molecule has 4 nitrogen and oxygen atoms in total. The van der Waals surface area contributed by atoms with Crippen LogP contribution in [0.1, 0.15) is 12.8 Å². The van der Waals surface area contributed by atoms with Crippen LogP contribution in [0, 0.1) is 0 Å². The number of halogens is 3. The van der Waals surface area contributed by atoms with Gasteiger partial charge in [-0.3, -0.25) is 4.79 Å². The van der Waals surface area contributed by atoms with Gasteiger partial charge in [-0.2, -0.15) is 13.2 Å². The largest absolute Gasteiger partial charge is 0.501 e. The van der Waals surface area contributed by atoms with Gasteiger partial charge < -0.3 is 4.90 Å². The molecule has 1 fully saturated rings. The molecule has 1 aliphatic rings. The van der Waals surface area contributed by atoms with Crippen LogP contribution in [0.25, 0.3) is 0 Å². The number of carbonyl (C=O) groups excluding carboxylic acids is 1. The van der Waals surface area contributed by atoms with Gasteiger partial charge in [0, 0.05) is 13.0 Å². The second kappa shape index (κ2) is 5.08. The van der Waals surface area contributed by atoms with E-state index in [4.69, 9.17) is 0 Å². The third-order valence-electron chi connectivity index (χ3n) is 3.05. The zero-order valence-electron chi connectivity index (χ0n) is 10.4. The van der Waals surface area contributed by atoms with Crippen molar-refractivity contribution in [2.24, 2.45) is 0 Å². The summed E-state index contributed by atoms with van der Waals surface area (Å²) in [6.45, 7) is 0.292. The zero-order valence-corrected chi connectivity index (χ0v) is 11.2. The number of nitrogens with zero attached hydrogens (tertiary/aromatic N) is 1. The number of hydrogen-bond acceptors (Lipinski definition) is 4. The van der Waals surface area contributed by atoms with Crippen LogP contribution in [0.4, 0.5) is 18.9 Å². The highest BCUT2D eigenvalue weighted by Gasteiger charge is 2.48. The molecule has 0 atom stereocenters. The van der Waals surface area contributed by atoms with Gasteiger partial charge in [-0.05, 0) is 18.6 Å². The van der Waals surface area contributed by atoms with Gasteiger partial charge in [0.25, 0.3) is 9.84 Å². The average molecular weight is 307 g/mol. The van der Waals surface area contributed by atoms with Gasteiger partial charge in [-0.15, -0.1) is 0 Å². The number of alkyl halides is 3. The summed E-state index contributed by atoms with van der Waals surface area (Å²) < 4.78 is 61.1. The van der Waals surface area contributed by atoms with E-state index < -0.39 is 20.2 Å². The van der Waals surface area contributed by atoms with E-state index in [0.29, 0.717) is 19.4 Å². The van der Waals surface area contributed by atoms with Crippen molar-refractivity contribution in [3.63, 3.8) is 0 Å². The van der Waals surface area contributed by atoms with E-state index >= 15 is 0 Å². The quantitative estimate of drug-likeness (QED) is 0.840. The maximum Gasteiger partial charge on any atom is 0.501 e. The van der Waals surface area contributed by atoms with Gasteiger partial charge >= 0.3 is 5.51 Å². The van der Waals surface area contributed by atoms with Crippen LogP contribution in [-0.2, 0) is 14.6 Å². The first-order chi connectivity index (χ1) is 9.23. The molecular weight excluding hydrogens is 295 g/mol. The number of Topliss-reactive ketones (excluding diaryl/α,β-unsaturated/α-hetero) is 1. The third-order valence-corrected chi connectivity index (χ3v) is 4.58. The Kier molecular flexibility index (Phi) is 3.77. The molecule has 2 rings (SSSR count). The van der Waals surface area contributed by atoms with Crippen LogP contribution < -0.4 is 4.90 Å². The fourth-order valence-corrected chi connectivity index (χ4v) is 3.09. The summed E-state index contributed by atoms with van der Waals surface area (Å²) >= 11 is 0. The summed E-state index contributed by atoms with van der Waals surface area (Å²) in [6.07, 6.45) is 0.865. The first-order valence-corrected chi connectivity index (χ1v) is 7.39. The van der Waals surface area contributed by atoms with E-state index in [1.54, 1.807) is 0 Å². The number of carbonyl (C=O) groups is 1. The van der Waals surface area contributed by atoms with Crippen molar-refractivity contribution < 1.29 is 26.4 Å². The number of rotatable bonds is 2. The fourth-order valence-electron chi connectivity index (χ4n) is 2.11. The predicted octanol–water partition coefficient (Wildman–Crippen LogP) is 2.15. The molecule has 0 amide bonds. The lowest BCUT2D eigenvalue weighted by molar-refractivity contribution is -0.118. The Balaban J connectivity index is 2.49. The molecule has 0 N–H and O–H groups in total. The minimum atomic E-state index is -5.43. The molecule has 1 aliphatic heterocycles. The molecule has 0 radical (unpaired) electrons. The number of para-hydroxylation sites is 1. The van der Waals surface area contributed by atoms with Crippen molar-refractivity contribution in [1.82, 2.24) is 0 Å². The van der Waals surface area contributed by atoms with Gasteiger partial charge in [-0.1, -0.05) is 12.1 Å². The van der Waals surface area contributed by atoms with E-state index in [2.05, 4.69) is 0 Å². The molecule has 0 spiro atoms. The Bertz CT molecular complexity index is 625. The lowest BCUT2D eigenvalue weighted by Crippen LogP contribution is -2.37. The Morgan fingerprint density at radius 3 is 2.40 bits per heavy atom. The molecule has 0 aromatic heterocycles. The smallest absolute Gasteiger partial charge is 0.363 e. The van der Waals surface area contributed by atoms with E-state index in [1.165, 1.54) is 23.1 Å². The lowest BCUT2D eigenvalue weighted by Gasteiger charge is -2.29. The fraction of sp³-hybridized carbons (Fsp3) is 0.417. The van der Waals surface area contributed by atoms with Crippen LogP contribution in [0.2, 0.25) is 0 Å².